The Kier molecular flexibility index (Phi) is 4.14. The van der Waals surface area contributed by atoms with E-state index in [9.17, 15) is 22.8 Å². The standard InChI is InChI=1S/C13H20F3NO3/c1-8(11(2,3)4)9(18)17-6-5-12(7-17,10(19)20)13(14,15)16/h8H,5-7H2,1-4H3,(H,19,20). The van der Waals surface area contributed by atoms with Crippen LogP contribution in [0.5, 0.6) is 0 Å². The van der Waals surface area contributed by atoms with Gasteiger partial charge in [-0.3, -0.25) is 9.59 Å². The number of likely N-dealkylation sites (tertiary alicyclic amines) is 1. The van der Waals surface area contributed by atoms with E-state index in [-0.39, 0.29) is 12.0 Å². The van der Waals surface area contributed by atoms with Crippen molar-refractivity contribution in [2.75, 3.05) is 13.1 Å². The summed E-state index contributed by atoms with van der Waals surface area (Å²) in [7, 11) is 0. The van der Waals surface area contributed by atoms with Crippen molar-refractivity contribution in [3.8, 4) is 0 Å². The second-order valence-corrected chi connectivity index (χ2v) is 6.48. The summed E-state index contributed by atoms with van der Waals surface area (Å²) in [6, 6.07) is 0. The second-order valence-electron chi connectivity index (χ2n) is 6.48. The minimum absolute atomic E-state index is 0.176. The molecule has 1 rings (SSSR count). The highest BCUT2D eigenvalue weighted by molar-refractivity contribution is 5.83. The third-order valence-electron chi connectivity index (χ3n) is 4.20. The largest absolute Gasteiger partial charge is 0.481 e. The predicted molar refractivity (Wildman–Crippen MR) is 65.9 cm³/mol. The molecule has 0 saturated carbocycles. The van der Waals surface area contributed by atoms with Gasteiger partial charge in [0.25, 0.3) is 0 Å². The predicted octanol–water partition coefficient (Wildman–Crippen LogP) is 2.53. The van der Waals surface area contributed by atoms with Crippen LogP contribution in [0.2, 0.25) is 0 Å². The van der Waals surface area contributed by atoms with Gasteiger partial charge in [-0.15, -0.1) is 0 Å². The molecule has 0 aromatic heterocycles. The van der Waals surface area contributed by atoms with Gasteiger partial charge >= 0.3 is 12.1 Å². The summed E-state index contributed by atoms with van der Waals surface area (Å²) in [4.78, 5) is 24.3. The first kappa shape index (κ1) is 16.8. The number of carboxylic acids is 1. The molecule has 1 heterocycles. The maximum Gasteiger partial charge on any atom is 0.406 e. The zero-order chi connectivity index (χ0) is 15.9. The van der Waals surface area contributed by atoms with Crippen LogP contribution in [-0.4, -0.2) is 41.1 Å². The molecule has 0 aromatic rings. The molecule has 1 aliphatic heterocycles. The fraction of sp³-hybridized carbons (Fsp3) is 0.846. The Morgan fingerprint density at radius 2 is 1.75 bits per heavy atom. The number of halogens is 3. The molecule has 1 aliphatic rings. The average Bonchev–Trinajstić information content (AvgIpc) is 2.71. The van der Waals surface area contributed by atoms with E-state index in [1.807, 2.05) is 20.8 Å². The Balaban J connectivity index is 2.96. The maximum absolute atomic E-state index is 13.0. The number of carbonyl (C=O) groups is 2. The van der Waals surface area contributed by atoms with Crippen molar-refractivity contribution in [1.82, 2.24) is 4.90 Å². The van der Waals surface area contributed by atoms with Crippen LogP contribution in [0, 0.1) is 16.7 Å². The number of hydrogen-bond acceptors (Lipinski definition) is 2. The molecule has 1 fully saturated rings. The van der Waals surface area contributed by atoms with E-state index in [1.165, 1.54) is 0 Å². The third-order valence-corrected chi connectivity index (χ3v) is 4.20. The summed E-state index contributed by atoms with van der Waals surface area (Å²) in [5.74, 6) is -2.81. The number of aliphatic carboxylic acids is 1. The smallest absolute Gasteiger partial charge is 0.406 e. The Morgan fingerprint density at radius 3 is 2.05 bits per heavy atom. The summed E-state index contributed by atoms with van der Waals surface area (Å²) in [6.45, 7) is 6.13. The number of amides is 1. The van der Waals surface area contributed by atoms with Crippen LogP contribution in [0.25, 0.3) is 0 Å². The van der Waals surface area contributed by atoms with E-state index in [0.29, 0.717) is 0 Å². The van der Waals surface area contributed by atoms with Crippen molar-refractivity contribution in [1.29, 1.82) is 0 Å². The maximum atomic E-state index is 13.0. The number of carbonyl (C=O) groups excluding carboxylic acids is 1. The van der Waals surface area contributed by atoms with Gasteiger partial charge in [-0.2, -0.15) is 13.2 Å². The number of alkyl halides is 3. The molecule has 0 aromatic carbocycles. The molecule has 116 valence electrons. The fourth-order valence-electron chi connectivity index (χ4n) is 2.17. The molecule has 2 unspecified atom stereocenters. The molecule has 0 spiro atoms. The lowest BCUT2D eigenvalue weighted by Gasteiger charge is -2.31. The number of hydrogen-bond donors (Lipinski definition) is 1. The van der Waals surface area contributed by atoms with Crippen LogP contribution in [-0.2, 0) is 9.59 Å². The molecule has 1 amide bonds. The normalized spacial score (nSPS) is 25.6. The van der Waals surface area contributed by atoms with Gasteiger partial charge in [0.15, 0.2) is 5.41 Å². The minimum atomic E-state index is -4.86. The summed E-state index contributed by atoms with van der Waals surface area (Å²) in [6.07, 6.45) is -5.45. The molecule has 0 bridgehead atoms. The second kappa shape index (κ2) is 4.93. The van der Waals surface area contributed by atoms with Gasteiger partial charge in [0.1, 0.15) is 0 Å². The first-order valence-corrected chi connectivity index (χ1v) is 6.42. The summed E-state index contributed by atoms with van der Waals surface area (Å²) in [5, 5.41) is 8.94. The van der Waals surface area contributed by atoms with Gasteiger partial charge in [0.2, 0.25) is 5.91 Å². The molecule has 20 heavy (non-hydrogen) atoms. The van der Waals surface area contributed by atoms with Gasteiger partial charge < -0.3 is 10.0 Å². The third kappa shape index (κ3) is 2.76. The molecule has 1 saturated heterocycles. The molecule has 1 N–H and O–H groups in total. The van der Waals surface area contributed by atoms with Crippen LogP contribution in [0.3, 0.4) is 0 Å². The monoisotopic (exact) mass is 295 g/mol. The number of nitrogens with zero attached hydrogens (tertiary/aromatic N) is 1. The summed E-state index contributed by atoms with van der Waals surface area (Å²) in [5.41, 5.74) is -3.22. The lowest BCUT2D eigenvalue weighted by molar-refractivity contribution is -0.227. The lowest BCUT2D eigenvalue weighted by atomic mass is 9.81. The Morgan fingerprint density at radius 1 is 1.25 bits per heavy atom. The van der Waals surface area contributed by atoms with E-state index in [0.717, 1.165) is 4.90 Å². The first-order valence-electron chi connectivity index (χ1n) is 6.42. The highest BCUT2D eigenvalue weighted by Crippen LogP contribution is 2.46. The zero-order valence-corrected chi connectivity index (χ0v) is 12.0. The number of carboxylic acid groups (broad SMARTS) is 1. The van der Waals surface area contributed by atoms with Gasteiger partial charge in [-0.1, -0.05) is 27.7 Å². The van der Waals surface area contributed by atoms with Crippen molar-refractivity contribution in [2.45, 2.75) is 40.3 Å². The summed E-state index contributed by atoms with van der Waals surface area (Å²) < 4.78 is 39.1. The molecule has 0 radical (unpaired) electrons. The summed E-state index contributed by atoms with van der Waals surface area (Å²) >= 11 is 0. The molecule has 0 aliphatic carbocycles. The van der Waals surface area contributed by atoms with Gasteiger partial charge in [0.05, 0.1) is 0 Å². The zero-order valence-electron chi connectivity index (χ0n) is 12.0. The number of rotatable bonds is 2. The van der Waals surface area contributed by atoms with Crippen LogP contribution in [0.15, 0.2) is 0 Å². The van der Waals surface area contributed by atoms with Gasteiger partial charge in [-0.05, 0) is 11.8 Å². The molecular weight excluding hydrogens is 275 g/mol. The SMILES string of the molecule is CC(C(=O)N1CCC(C(=O)O)(C(F)(F)F)C1)C(C)(C)C. The van der Waals surface area contributed by atoms with Crippen LogP contribution >= 0.6 is 0 Å². The highest BCUT2D eigenvalue weighted by Gasteiger charge is 2.64. The topological polar surface area (TPSA) is 57.6 Å². The lowest BCUT2D eigenvalue weighted by Crippen LogP contribution is -2.48. The average molecular weight is 295 g/mol. The molecule has 7 heteroatoms. The Bertz CT molecular complexity index is 414. The van der Waals surface area contributed by atoms with E-state index in [2.05, 4.69) is 0 Å². The highest BCUT2D eigenvalue weighted by atomic mass is 19.4. The molecule has 2 atom stereocenters. The Hall–Kier alpha value is -1.27. The van der Waals surface area contributed by atoms with Crippen LogP contribution in [0.4, 0.5) is 13.2 Å². The van der Waals surface area contributed by atoms with Crippen LogP contribution in [0.1, 0.15) is 34.1 Å². The minimum Gasteiger partial charge on any atom is -0.481 e. The molecule has 4 nitrogen and oxygen atoms in total. The fourth-order valence-corrected chi connectivity index (χ4v) is 2.17. The Labute approximate surface area is 115 Å². The van der Waals surface area contributed by atoms with E-state index >= 15 is 0 Å². The quantitative estimate of drug-likeness (QED) is 0.851. The first-order chi connectivity index (χ1) is 8.83. The van der Waals surface area contributed by atoms with Crippen molar-refractivity contribution in [2.24, 2.45) is 16.7 Å². The van der Waals surface area contributed by atoms with E-state index in [1.54, 1.807) is 6.92 Å². The molecular formula is C13H20F3NO3. The van der Waals surface area contributed by atoms with Crippen molar-refractivity contribution in [3.05, 3.63) is 0 Å². The van der Waals surface area contributed by atoms with Gasteiger partial charge in [0, 0.05) is 19.0 Å². The van der Waals surface area contributed by atoms with Gasteiger partial charge in [-0.25, -0.2) is 0 Å². The van der Waals surface area contributed by atoms with Crippen molar-refractivity contribution < 1.29 is 27.9 Å². The van der Waals surface area contributed by atoms with E-state index < -0.39 is 42.4 Å². The van der Waals surface area contributed by atoms with Crippen LogP contribution < -0.4 is 0 Å². The van der Waals surface area contributed by atoms with Crippen molar-refractivity contribution >= 4 is 11.9 Å². The van der Waals surface area contributed by atoms with E-state index in [4.69, 9.17) is 5.11 Å². The van der Waals surface area contributed by atoms with Crippen molar-refractivity contribution in [3.63, 3.8) is 0 Å².